The average molecular weight is 312 g/mol. The highest BCUT2D eigenvalue weighted by Gasteiger charge is 2.37. The highest BCUT2D eigenvalue weighted by atomic mass is 32.2. The number of ether oxygens (including phenoxy) is 1. The van der Waals surface area contributed by atoms with Gasteiger partial charge < -0.3 is 10.5 Å². The Morgan fingerprint density at radius 3 is 2.52 bits per heavy atom. The molecule has 1 aliphatic rings. The van der Waals surface area contributed by atoms with Crippen LogP contribution in [0, 0.1) is 0 Å². The number of benzene rings is 1. The minimum Gasteiger partial charge on any atom is -0.367 e. The Morgan fingerprint density at radius 2 is 2.00 bits per heavy atom. The fraction of sp³-hybridized carbons (Fsp3) is 0.500. The molecule has 1 heterocycles. The fourth-order valence-electron chi connectivity index (χ4n) is 2.34. The van der Waals surface area contributed by atoms with Crippen LogP contribution in [0.25, 0.3) is 0 Å². The van der Waals surface area contributed by atoms with Crippen molar-refractivity contribution in [2.75, 3.05) is 26.0 Å². The number of morpholine rings is 1. The molecule has 6 nitrogen and oxygen atoms in total. The number of sulfone groups is 1. The Kier molecular flexibility index (Phi) is 4.36. The molecule has 116 valence electrons. The first kappa shape index (κ1) is 15.9. The third-order valence-electron chi connectivity index (χ3n) is 3.63. The highest BCUT2D eigenvalue weighted by Crippen LogP contribution is 2.19. The lowest BCUT2D eigenvalue weighted by Gasteiger charge is -2.38. The van der Waals surface area contributed by atoms with Gasteiger partial charge >= 0.3 is 0 Å². The molecule has 1 atom stereocenters. The first-order valence-electron chi connectivity index (χ1n) is 6.66. The van der Waals surface area contributed by atoms with Crippen LogP contribution in [-0.2, 0) is 25.9 Å². The molecular formula is C14H20N2O4S. The molecule has 1 saturated heterocycles. The molecule has 21 heavy (non-hydrogen) atoms. The molecule has 1 amide bonds. The Hall–Kier alpha value is -1.44. The molecule has 7 heteroatoms. The maximum Gasteiger partial charge on any atom is 0.250 e. The smallest absolute Gasteiger partial charge is 0.250 e. The van der Waals surface area contributed by atoms with Gasteiger partial charge in [0.25, 0.3) is 5.91 Å². The molecule has 1 fully saturated rings. The summed E-state index contributed by atoms with van der Waals surface area (Å²) in [6.45, 7) is 3.89. The van der Waals surface area contributed by atoms with E-state index in [2.05, 4.69) is 4.90 Å². The Balaban J connectivity index is 2.06. The number of primary amides is 1. The van der Waals surface area contributed by atoms with E-state index in [9.17, 15) is 13.2 Å². The van der Waals surface area contributed by atoms with Crippen molar-refractivity contribution < 1.29 is 17.9 Å². The van der Waals surface area contributed by atoms with Gasteiger partial charge in [-0.15, -0.1) is 0 Å². The van der Waals surface area contributed by atoms with Crippen LogP contribution in [0.15, 0.2) is 29.2 Å². The van der Waals surface area contributed by atoms with Crippen molar-refractivity contribution in [1.82, 2.24) is 4.90 Å². The molecule has 2 N–H and O–H groups in total. The number of amides is 1. The summed E-state index contributed by atoms with van der Waals surface area (Å²) in [5.74, 6) is -0.473. The molecule has 1 unspecified atom stereocenters. The summed E-state index contributed by atoms with van der Waals surface area (Å²) >= 11 is 0. The van der Waals surface area contributed by atoms with Gasteiger partial charge in [0.1, 0.15) is 0 Å². The van der Waals surface area contributed by atoms with Crippen LogP contribution < -0.4 is 5.73 Å². The number of carbonyl (C=O) groups is 1. The minimum atomic E-state index is -3.18. The van der Waals surface area contributed by atoms with E-state index in [0.29, 0.717) is 31.1 Å². The zero-order valence-electron chi connectivity index (χ0n) is 12.2. The lowest BCUT2D eigenvalue weighted by atomic mass is 10.0. The van der Waals surface area contributed by atoms with E-state index in [1.807, 2.05) is 0 Å². The average Bonchev–Trinajstić information content (AvgIpc) is 2.38. The molecule has 2 rings (SSSR count). The van der Waals surface area contributed by atoms with Gasteiger partial charge in [0.05, 0.1) is 11.5 Å². The highest BCUT2D eigenvalue weighted by molar-refractivity contribution is 7.90. The molecule has 0 aliphatic carbocycles. The first-order chi connectivity index (χ1) is 9.71. The van der Waals surface area contributed by atoms with Crippen molar-refractivity contribution >= 4 is 15.7 Å². The van der Waals surface area contributed by atoms with Crippen molar-refractivity contribution in [3.05, 3.63) is 29.8 Å². The fourth-order valence-corrected chi connectivity index (χ4v) is 2.97. The lowest BCUT2D eigenvalue weighted by molar-refractivity contribution is -0.153. The second kappa shape index (κ2) is 5.75. The van der Waals surface area contributed by atoms with Crippen LogP contribution in [0.3, 0.4) is 0 Å². The summed E-state index contributed by atoms with van der Waals surface area (Å²) in [4.78, 5) is 13.8. The topological polar surface area (TPSA) is 89.7 Å². The van der Waals surface area contributed by atoms with Crippen LogP contribution in [0.2, 0.25) is 0 Å². The third kappa shape index (κ3) is 3.81. The van der Waals surface area contributed by atoms with Crippen molar-refractivity contribution in [2.45, 2.75) is 24.0 Å². The van der Waals surface area contributed by atoms with E-state index in [1.165, 1.54) is 6.26 Å². The molecule has 1 aromatic rings. The van der Waals surface area contributed by atoms with E-state index >= 15 is 0 Å². The number of hydrogen-bond donors (Lipinski definition) is 1. The zero-order chi connectivity index (χ0) is 15.7. The van der Waals surface area contributed by atoms with Crippen molar-refractivity contribution in [2.24, 2.45) is 5.73 Å². The third-order valence-corrected chi connectivity index (χ3v) is 4.76. The van der Waals surface area contributed by atoms with Crippen molar-refractivity contribution in [3.63, 3.8) is 0 Å². The zero-order valence-corrected chi connectivity index (χ0v) is 13.0. The van der Waals surface area contributed by atoms with Gasteiger partial charge in [-0.05, 0) is 24.6 Å². The first-order valence-corrected chi connectivity index (χ1v) is 8.55. The molecule has 0 aromatic heterocycles. The van der Waals surface area contributed by atoms with Crippen molar-refractivity contribution in [1.29, 1.82) is 0 Å². The van der Waals surface area contributed by atoms with Crippen LogP contribution in [-0.4, -0.2) is 50.8 Å². The molecule has 1 aromatic carbocycles. The molecular weight excluding hydrogens is 292 g/mol. The van der Waals surface area contributed by atoms with Gasteiger partial charge in [0, 0.05) is 25.9 Å². The SMILES string of the molecule is CC1(C(N)=O)CN(Cc2ccc(S(C)(=O)=O)cc2)CCO1. The van der Waals surface area contributed by atoms with Crippen LogP contribution in [0.1, 0.15) is 12.5 Å². The molecule has 0 bridgehead atoms. The van der Waals surface area contributed by atoms with E-state index in [4.69, 9.17) is 10.5 Å². The number of hydrogen-bond acceptors (Lipinski definition) is 5. The normalized spacial score (nSPS) is 23.9. The summed E-state index contributed by atoms with van der Waals surface area (Å²) in [5.41, 5.74) is 5.38. The second-order valence-corrected chi connectivity index (χ2v) is 7.59. The summed E-state index contributed by atoms with van der Waals surface area (Å²) in [7, 11) is -3.18. The summed E-state index contributed by atoms with van der Waals surface area (Å²) < 4.78 is 28.3. The number of nitrogens with two attached hydrogens (primary N) is 1. The largest absolute Gasteiger partial charge is 0.367 e. The number of carbonyl (C=O) groups excluding carboxylic acids is 1. The standard InChI is InChI=1S/C14H20N2O4S/c1-14(13(15)17)10-16(7-8-20-14)9-11-3-5-12(6-4-11)21(2,18)19/h3-6H,7-10H2,1-2H3,(H2,15,17). The minimum absolute atomic E-state index is 0.301. The quantitative estimate of drug-likeness (QED) is 0.856. The van der Waals surface area contributed by atoms with Crippen LogP contribution >= 0.6 is 0 Å². The maximum atomic E-state index is 11.4. The monoisotopic (exact) mass is 312 g/mol. The number of rotatable bonds is 4. The summed E-state index contributed by atoms with van der Waals surface area (Å²) in [5, 5.41) is 0. The molecule has 1 aliphatic heterocycles. The maximum absolute atomic E-state index is 11.4. The molecule has 0 radical (unpaired) electrons. The van der Waals surface area contributed by atoms with E-state index < -0.39 is 21.3 Å². The second-order valence-electron chi connectivity index (χ2n) is 5.57. The predicted molar refractivity (Wildman–Crippen MR) is 78.4 cm³/mol. The van der Waals surface area contributed by atoms with Gasteiger partial charge in [0.15, 0.2) is 15.4 Å². The van der Waals surface area contributed by atoms with Gasteiger partial charge in [-0.3, -0.25) is 9.69 Å². The van der Waals surface area contributed by atoms with Gasteiger partial charge in [-0.25, -0.2) is 8.42 Å². The Morgan fingerprint density at radius 1 is 1.38 bits per heavy atom. The lowest BCUT2D eigenvalue weighted by Crippen LogP contribution is -2.56. The van der Waals surface area contributed by atoms with Crippen LogP contribution in [0.5, 0.6) is 0 Å². The van der Waals surface area contributed by atoms with Gasteiger partial charge in [0.2, 0.25) is 0 Å². The van der Waals surface area contributed by atoms with E-state index in [0.717, 1.165) is 5.56 Å². The summed E-state index contributed by atoms with van der Waals surface area (Å²) in [6.07, 6.45) is 1.18. The molecule has 0 spiro atoms. The summed E-state index contributed by atoms with van der Waals surface area (Å²) in [6, 6.07) is 6.76. The van der Waals surface area contributed by atoms with E-state index in [-0.39, 0.29) is 0 Å². The van der Waals surface area contributed by atoms with E-state index in [1.54, 1.807) is 31.2 Å². The molecule has 0 saturated carbocycles. The Bertz CT molecular complexity index is 627. The Labute approximate surface area is 124 Å². The van der Waals surface area contributed by atoms with Gasteiger partial charge in [-0.2, -0.15) is 0 Å². The van der Waals surface area contributed by atoms with Crippen molar-refractivity contribution in [3.8, 4) is 0 Å². The number of nitrogens with zero attached hydrogens (tertiary/aromatic N) is 1. The van der Waals surface area contributed by atoms with Gasteiger partial charge in [-0.1, -0.05) is 12.1 Å². The predicted octanol–water partition coefficient (Wildman–Crippen LogP) is 0.166. The van der Waals surface area contributed by atoms with Crippen LogP contribution in [0.4, 0.5) is 0 Å².